The van der Waals surface area contributed by atoms with Crippen molar-refractivity contribution in [1.29, 1.82) is 0 Å². The second-order valence-electron chi connectivity index (χ2n) is 7.61. The van der Waals surface area contributed by atoms with Gasteiger partial charge in [0.1, 0.15) is 6.33 Å². The zero-order chi connectivity index (χ0) is 21.4. The highest BCUT2D eigenvalue weighted by molar-refractivity contribution is 5.98. The Labute approximate surface area is 178 Å². The molecule has 2 aromatic heterocycles. The molecule has 9 heteroatoms. The number of fused-ring (bicyclic) bond motifs is 1. The van der Waals surface area contributed by atoms with Crippen LogP contribution in [0.25, 0.3) is 11.4 Å². The predicted molar refractivity (Wildman–Crippen MR) is 115 cm³/mol. The average Bonchev–Trinajstić information content (AvgIpc) is 3.25. The van der Waals surface area contributed by atoms with E-state index in [2.05, 4.69) is 21.0 Å². The molecule has 1 atom stereocenters. The number of benzene rings is 1. The number of nitrogens with zero attached hydrogens (tertiary/aromatic N) is 6. The SMILES string of the molecule is Cn1c(N2CCOC(C(=O)N3CCc4ccccc43)C2)nc(-c2ccncn2)cc1=O. The minimum absolute atomic E-state index is 0.0633. The van der Waals surface area contributed by atoms with Crippen LogP contribution in [0.3, 0.4) is 0 Å². The van der Waals surface area contributed by atoms with Crippen molar-refractivity contribution in [2.24, 2.45) is 7.05 Å². The van der Waals surface area contributed by atoms with Crippen molar-refractivity contribution in [3.63, 3.8) is 0 Å². The van der Waals surface area contributed by atoms with Gasteiger partial charge in [0.15, 0.2) is 6.10 Å². The molecule has 4 heterocycles. The third-order valence-corrected chi connectivity index (χ3v) is 5.73. The number of hydrogen-bond acceptors (Lipinski definition) is 7. The molecule has 31 heavy (non-hydrogen) atoms. The molecule has 1 fully saturated rings. The fourth-order valence-corrected chi connectivity index (χ4v) is 4.10. The Morgan fingerprint density at radius 3 is 2.87 bits per heavy atom. The second-order valence-corrected chi connectivity index (χ2v) is 7.61. The number of aromatic nitrogens is 4. The molecule has 158 valence electrons. The van der Waals surface area contributed by atoms with Crippen molar-refractivity contribution in [2.45, 2.75) is 12.5 Å². The fraction of sp³-hybridized carbons (Fsp3) is 0.318. The van der Waals surface area contributed by atoms with Gasteiger partial charge >= 0.3 is 0 Å². The van der Waals surface area contributed by atoms with E-state index in [1.807, 2.05) is 23.1 Å². The Hall–Kier alpha value is -3.59. The van der Waals surface area contributed by atoms with Crippen molar-refractivity contribution < 1.29 is 9.53 Å². The molecule has 2 aliphatic rings. The predicted octanol–water partition coefficient (Wildman–Crippen LogP) is 1.03. The Bertz CT molecular complexity index is 1180. The van der Waals surface area contributed by atoms with Crippen LogP contribution >= 0.6 is 0 Å². The van der Waals surface area contributed by atoms with E-state index < -0.39 is 6.10 Å². The summed E-state index contributed by atoms with van der Waals surface area (Å²) in [5, 5.41) is 0. The number of ether oxygens (including phenoxy) is 1. The number of anilines is 2. The second kappa shape index (κ2) is 7.92. The molecule has 0 bridgehead atoms. The van der Waals surface area contributed by atoms with Crippen LogP contribution in [0, 0.1) is 0 Å². The molecule has 0 radical (unpaired) electrons. The minimum atomic E-state index is -0.625. The molecule has 5 rings (SSSR count). The summed E-state index contributed by atoms with van der Waals surface area (Å²) in [6.07, 6.45) is 3.25. The molecule has 1 saturated heterocycles. The van der Waals surface area contributed by atoms with Gasteiger partial charge in [-0.2, -0.15) is 0 Å². The fourth-order valence-electron chi connectivity index (χ4n) is 4.10. The van der Waals surface area contributed by atoms with Crippen LogP contribution in [-0.4, -0.2) is 57.8 Å². The van der Waals surface area contributed by atoms with E-state index in [9.17, 15) is 9.59 Å². The summed E-state index contributed by atoms with van der Waals surface area (Å²) in [6.45, 7) is 1.89. The number of carbonyl (C=O) groups is 1. The summed E-state index contributed by atoms with van der Waals surface area (Å²) in [6, 6.07) is 11.1. The summed E-state index contributed by atoms with van der Waals surface area (Å²) in [4.78, 5) is 42.3. The van der Waals surface area contributed by atoms with E-state index in [4.69, 9.17) is 4.74 Å². The van der Waals surface area contributed by atoms with E-state index in [0.29, 0.717) is 43.6 Å². The first-order chi connectivity index (χ1) is 15.1. The van der Waals surface area contributed by atoms with Gasteiger partial charge < -0.3 is 14.5 Å². The molecular formula is C22H22N6O3. The maximum atomic E-state index is 13.2. The molecular weight excluding hydrogens is 396 g/mol. The lowest BCUT2D eigenvalue weighted by Gasteiger charge is -2.35. The van der Waals surface area contributed by atoms with Crippen LogP contribution in [0.5, 0.6) is 0 Å². The molecule has 9 nitrogen and oxygen atoms in total. The van der Waals surface area contributed by atoms with Crippen LogP contribution in [0.2, 0.25) is 0 Å². The van der Waals surface area contributed by atoms with Crippen LogP contribution in [0.4, 0.5) is 11.6 Å². The highest BCUT2D eigenvalue weighted by Crippen LogP contribution is 2.29. The first-order valence-corrected chi connectivity index (χ1v) is 10.2. The molecule has 0 N–H and O–H groups in total. The summed E-state index contributed by atoms with van der Waals surface area (Å²) in [5.74, 6) is 0.427. The summed E-state index contributed by atoms with van der Waals surface area (Å²) in [5.41, 5.74) is 2.97. The summed E-state index contributed by atoms with van der Waals surface area (Å²) >= 11 is 0. The Balaban J connectivity index is 1.42. The van der Waals surface area contributed by atoms with Crippen molar-refractivity contribution >= 4 is 17.5 Å². The molecule has 0 saturated carbocycles. The van der Waals surface area contributed by atoms with Crippen molar-refractivity contribution in [2.75, 3.05) is 36.0 Å². The quantitative estimate of drug-likeness (QED) is 0.627. The monoisotopic (exact) mass is 418 g/mol. The lowest BCUT2D eigenvalue weighted by atomic mass is 10.2. The Kier molecular flexibility index (Phi) is 4.95. The molecule has 1 aromatic carbocycles. The van der Waals surface area contributed by atoms with E-state index in [1.165, 1.54) is 22.5 Å². The Morgan fingerprint density at radius 1 is 1.16 bits per heavy atom. The first kappa shape index (κ1) is 19.4. The van der Waals surface area contributed by atoms with Crippen LogP contribution in [-0.2, 0) is 23.0 Å². The van der Waals surface area contributed by atoms with Crippen LogP contribution in [0.15, 0.2) is 53.7 Å². The normalized spacial score (nSPS) is 18.2. The van der Waals surface area contributed by atoms with Crippen LogP contribution < -0.4 is 15.4 Å². The average molecular weight is 418 g/mol. The van der Waals surface area contributed by atoms with E-state index >= 15 is 0 Å². The van der Waals surface area contributed by atoms with E-state index in [-0.39, 0.29) is 11.5 Å². The third kappa shape index (κ3) is 3.57. The van der Waals surface area contributed by atoms with Gasteiger partial charge in [0.2, 0.25) is 5.95 Å². The Morgan fingerprint density at radius 2 is 2.03 bits per heavy atom. The topological polar surface area (TPSA) is 93.4 Å². The zero-order valence-corrected chi connectivity index (χ0v) is 17.1. The van der Waals surface area contributed by atoms with E-state index in [1.54, 1.807) is 24.2 Å². The number of rotatable bonds is 3. The number of hydrogen-bond donors (Lipinski definition) is 0. The van der Waals surface area contributed by atoms with E-state index in [0.717, 1.165) is 12.1 Å². The van der Waals surface area contributed by atoms with Gasteiger partial charge in [-0.25, -0.2) is 15.0 Å². The molecule has 0 aliphatic carbocycles. The lowest BCUT2D eigenvalue weighted by molar-refractivity contribution is -0.130. The van der Waals surface area contributed by atoms with Crippen molar-refractivity contribution in [3.05, 3.63) is 64.8 Å². The standard InChI is InChI=1S/C22H22N6O3/c1-26-20(29)12-17(16-6-8-23-14-24-16)25-22(26)27-10-11-31-19(13-27)21(30)28-9-7-15-4-2-3-5-18(15)28/h2-6,8,12,14,19H,7,9-11,13H2,1H3. The van der Waals surface area contributed by atoms with Gasteiger partial charge in [0, 0.05) is 38.1 Å². The maximum absolute atomic E-state index is 13.2. The van der Waals surface area contributed by atoms with Gasteiger partial charge in [-0.1, -0.05) is 18.2 Å². The number of para-hydroxylation sites is 1. The van der Waals surface area contributed by atoms with Gasteiger partial charge in [0.25, 0.3) is 11.5 Å². The number of morpholine rings is 1. The van der Waals surface area contributed by atoms with Crippen molar-refractivity contribution in [1.82, 2.24) is 19.5 Å². The smallest absolute Gasteiger partial charge is 0.257 e. The number of amides is 1. The molecule has 2 aliphatic heterocycles. The van der Waals surface area contributed by atoms with Gasteiger partial charge in [-0.3, -0.25) is 14.2 Å². The summed E-state index contributed by atoms with van der Waals surface area (Å²) < 4.78 is 7.32. The maximum Gasteiger partial charge on any atom is 0.257 e. The first-order valence-electron chi connectivity index (χ1n) is 10.2. The van der Waals surface area contributed by atoms with Gasteiger partial charge in [0.05, 0.1) is 24.5 Å². The van der Waals surface area contributed by atoms with Crippen LogP contribution in [0.1, 0.15) is 5.56 Å². The van der Waals surface area contributed by atoms with Crippen molar-refractivity contribution in [3.8, 4) is 11.4 Å². The summed E-state index contributed by atoms with van der Waals surface area (Å²) in [7, 11) is 1.68. The van der Waals surface area contributed by atoms with Gasteiger partial charge in [-0.15, -0.1) is 0 Å². The highest BCUT2D eigenvalue weighted by Gasteiger charge is 2.34. The highest BCUT2D eigenvalue weighted by atomic mass is 16.5. The minimum Gasteiger partial charge on any atom is -0.365 e. The number of carbonyl (C=O) groups excluding carboxylic acids is 1. The molecule has 0 spiro atoms. The lowest BCUT2D eigenvalue weighted by Crippen LogP contribution is -2.52. The third-order valence-electron chi connectivity index (χ3n) is 5.73. The largest absolute Gasteiger partial charge is 0.365 e. The van der Waals surface area contributed by atoms with Gasteiger partial charge in [-0.05, 0) is 24.1 Å². The zero-order valence-electron chi connectivity index (χ0n) is 17.1. The molecule has 3 aromatic rings. The molecule has 1 unspecified atom stereocenters. The molecule has 1 amide bonds.